The second-order valence-electron chi connectivity index (χ2n) is 7.31. The zero-order chi connectivity index (χ0) is 21.3. The number of rotatable bonds is 3. The van der Waals surface area contributed by atoms with Crippen LogP contribution in [0.3, 0.4) is 0 Å². The highest BCUT2D eigenvalue weighted by Gasteiger charge is 2.16. The molecule has 0 atom stereocenters. The number of ether oxygens (including phenoxy) is 1. The summed E-state index contributed by atoms with van der Waals surface area (Å²) in [5.74, 6) is 0.0784. The first-order valence-corrected chi connectivity index (χ1v) is 10.6. The van der Waals surface area contributed by atoms with E-state index in [1.165, 1.54) is 12.1 Å². The summed E-state index contributed by atoms with van der Waals surface area (Å²) in [4.78, 5) is 27.0. The van der Waals surface area contributed by atoms with E-state index in [0.717, 1.165) is 18.4 Å². The number of fused-ring (bicyclic) bond motifs is 1. The van der Waals surface area contributed by atoms with Crippen molar-refractivity contribution in [2.75, 3.05) is 26.2 Å². The lowest BCUT2D eigenvalue weighted by atomic mass is 10.1. The molecule has 30 heavy (non-hydrogen) atoms. The minimum absolute atomic E-state index is 0.0745. The minimum atomic E-state index is -0.278. The zero-order valence-electron chi connectivity index (χ0n) is 16.8. The van der Waals surface area contributed by atoms with Crippen LogP contribution in [0.1, 0.15) is 41.6 Å². The van der Waals surface area contributed by atoms with Crippen LogP contribution in [-0.2, 0) is 11.2 Å². The molecule has 0 spiro atoms. The molecule has 1 aliphatic rings. The van der Waals surface area contributed by atoms with E-state index >= 15 is 0 Å². The Morgan fingerprint density at radius 1 is 1.10 bits per heavy atom. The van der Waals surface area contributed by atoms with Gasteiger partial charge in [-0.1, -0.05) is 23.7 Å². The van der Waals surface area contributed by atoms with Crippen LogP contribution in [-0.4, -0.2) is 43.0 Å². The monoisotopic (exact) mass is 432 g/mol. The highest BCUT2D eigenvalue weighted by molar-refractivity contribution is 6.31. The van der Waals surface area contributed by atoms with Gasteiger partial charge < -0.3 is 15.0 Å². The SMILES string of the molecule is O=C1NCCCCN(C(=O)CCc2ccc(F)cc2)CCCOc2ccc(Cl)cc21. The lowest BCUT2D eigenvalue weighted by Gasteiger charge is -2.23. The highest BCUT2D eigenvalue weighted by atomic mass is 35.5. The van der Waals surface area contributed by atoms with Crippen molar-refractivity contribution < 1.29 is 18.7 Å². The summed E-state index contributed by atoms with van der Waals surface area (Å²) in [6, 6.07) is 11.2. The molecular formula is C23H26ClFN2O3. The molecule has 0 radical (unpaired) electrons. The molecule has 3 rings (SSSR count). The maximum absolute atomic E-state index is 13.0. The number of hydrogen-bond donors (Lipinski definition) is 1. The standard InChI is InChI=1S/C23H26ClFN2O3/c24-18-7-10-21-20(16-18)23(29)26-12-1-2-13-27(14-3-15-30-21)22(28)11-6-17-4-8-19(25)9-5-17/h4-5,7-10,16H,1-3,6,11-15H2,(H,26,29). The first-order valence-electron chi connectivity index (χ1n) is 10.3. The Morgan fingerprint density at radius 3 is 2.67 bits per heavy atom. The maximum atomic E-state index is 13.0. The Morgan fingerprint density at radius 2 is 1.87 bits per heavy atom. The third kappa shape index (κ3) is 6.46. The predicted octanol–water partition coefficient (Wildman–Crippen LogP) is 4.23. The number of benzene rings is 2. The third-order valence-corrected chi connectivity index (χ3v) is 5.29. The predicted molar refractivity (Wildman–Crippen MR) is 114 cm³/mol. The Balaban J connectivity index is 1.59. The van der Waals surface area contributed by atoms with E-state index in [2.05, 4.69) is 5.32 Å². The van der Waals surface area contributed by atoms with Gasteiger partial charge in [-0.05, 0) is 61.6 Å². The molecule has 0 saturated heterocycles. The zero-order valence-corrected chi connectivity index (χ0v) is 17.6. The fourth-order valence-corrected chi connectivity index (χ4v) is 3.56. The number of nitrogens with zero attached hydrogens (tertiary/aromatic N) is 1. The van der Waals surface area contributed by atoms with Crippen LogP contribution in [0.15, 0.2) is 42.5 Å². The van der Waals surface area contributed by atoms with Crippen LogP contribution in [0.25, 0.3) is 0 Å². The van der Waals surface area contributed by atoms with Crippen LogP contribution in [0.4, 0.5) is 4.39 Å². The number of carbonyl (C=O) groups is 2. The molecule has 0 unspecified atom stereocenters. The normalized spacial score (nSPS) is 15.7. The van der Waals surface area contributed by atoms with E-state index in [-0.39, 0.29) is 17.6 Å². The molecule has 0 aliphatic carbocycles. The smallest absolute Gasteiger partial charge is 0.255 e. The molecule has 160 valence electrons. The van der Waals surface area contributed by atoms with E-state index in [1.807, 2.05) is 4.90 Å². The van der Waals surface area contributed by atoms with Crippen molar-refractivity contribution in [1.29, 1.82) is 0 Å². The molecular weight excluding hydrogens is 407 g/mol. The fourth-order valence-electron chi connectivity index (χ4n) is 3.39. The third-order valence-electron chi connectivity index (χ3n) is 5.05. The van der Waals surface area contributed by atoms with Gasteiger partial charge in [-0.2, -0.15) is 0 Å². The van der Waals surface area contributed by atoms with Gasteiger partial charge in [0.2, 0.25) is 5.91 Å². The molecule has 1 aliphatic heterocycles. The Kier molecular flexibility index (Phi) is 8.08. The van der Waals surface area contributed by atoms with Gasteiger partial charge in [0.15, 0.2) is 0 Å². The number of amides is 2. The van der Waals surface area contributed by atoms with Crippen LogP contribution >= 0.6 is 11.6 Å². The van der Waals surface area contributed by atoms with Gasteiger partial charge >= 0.3 is 0 Å². The van der Waals surface area contributed by atoms with E-state index in [4.69, 9.17) is 16.3 Å². The first kappa shape index (κ1) is 22.1. The number of hydrogen-bond acceptors (Lipinski definition) is 3. The summed E-state index contributed by atoms with van der Waals surface area (Å²) in [6.07, 6.45) is 3.18. The molecule has 1 heterocycles. The minimum Gasteiger partial charge on any atom is -0.493 e. The van der Waals surface area contributed by atoms with E-state index in [1.54, 1.807) is 30.3 Å². The summed E-state index contributed by atoms with van der Waals surface area (Å²) in [5.41, 5.74) is 1.37. The van der Waals surface area contributed by atoms with Crippen LogP contribution < -0.4 is 10.1 Å². The summed E-state index contributed by atoms with van der Waals surface area (Å²) in [6.45, 7) is 2.13. The topological polar surface area (TPSA) is 58.6 Å². The van der Waals surface area contributed by atoms with Gasteiger partial charge in [-0.25, -0.2) is 4.39 Å². The number of halogens is 2. The second-order valence-corrected chi connectivity index (χ2v) is 7.75. The Hall–Kier alpha value is -2.60. The van der Waals surface area contributed by atoms with Crippen molar-refractivity contribution in [3.8, 4) is 5.75 Å². The van der Waals surface area contributed by atoms with Gasteiger partial charge in [0.1, 0.15) is 11.6 Å². The molecule has 2 amide bonds. The Labute approximate surface area is 181 Å². The molecule has 0 bridgehead atoms. The van der Waals surface area contributed by atoms with Crippen molar-refractivity contribution in [3.63, 3.8) is 0 Å². The maximum Gasteiger partial charge on any atom is 0.255 e. The van der Waals surface area contributed by atoms with Gasteiger partial charge in [-0.3, -0.25) is 9.59 Å². The summed E-state index contributed by atoms with van der Waals surface area (Å²) < 4.78 is 18.8. The second kappa shape index (κ2) is 11.0. The van der Waals surface area contributed by atoms with E-state index in [0.29, 0.717) is 61.8 Å². The van der Waals surface area contributed by atoms with Crippen molar-refractivity contribution in [1.82, 2.24) is 10.2 Å². The molecule has 1 N–H and O–H groups in total. The molecule has 2 aromatic rings. The largest absolute Gasteiger partial charge is 0.493 e. The molecule has 2 aromatic carbocycles. The quantitative estimate of drug-likeness (QED) is 0.789. The first-order chi connectivity index (χ1) is 14.5. The summed E-state index contributed by atoms with van der Waals surface area (Å²) in [7, 11) is 0. The number of carbonyl (C=O) groups excluding carboxylic acids is 2. The molecule has 0 saturated carbocycles. The van der Waals surface area contributed by atoms with Crippen molar-refractivity contribution in [2.45, 2.75) is 32.1 Å². The highest BCUT2D eigenvalue weighted by Crippen LogP contribution is 2.23. The van der Waals surface area contributed by atoms with Gasteiger partial charge in [0.25, 0.3) is 5.91 Å². The van der Waals surface area contributed by atoms with Crippen molar-refractivity contribution >= 4 is 23.4 Å². The fraction of sp³-hybridized carbons (Fsp3) is 0.391. The summed E-state index contributed by atoms with van der Waals surface area (Å²) >= 11 is 6.03. The van der Waals surface area contributed by atoms with E-state index < -0.39 is 0 Å². The van der Waals surface area contributed by atoms with Crippen LogP contribution in [0, 0.1) is 5.82 Å². The van der Waals surface area contributed by atoms with Crippen LogP contribution in [0.5, 0.6) is 5.75 Å². The lowest BCUT2D eigenvalue weighted by Crippen LogP contribution is -2.34. The lowest BCUT2D eigenvalue weighted by molar-refractivity contribution is -0.131. The average molecular weight is 433 g/mol. The Bertz CT molecular complexity index is 873. The molecule has 0 aromatic heterocycles. The number of nitrogens with one attached hydrogen (secondary N) is 1. The van der Waals surface area contributed by atoms with Gasteiger partial charge in [0.05, 0.1) is 12.2 Å². The van der Waals surface area contributed by atoms with Crippen LogP contribution in [0.2, 0.25) is 5.02 Å². The molecule has 5 nitrogen and oxygen atoms in total. The molecule has 0 fully saturated rings. The van der Waals surface area contributed by atoms with E-state index in [9.17, 15) is 14.0 Å². The van der Waals surface area contributed by atoms with Crippen molar-refractivity contribution in [2.24, 2.45) is 0 Å². The van der Waals surface area contributed by atoms with Gasteiger partial charge in [0, 0.05) is 31.1 Å². The average Bonchev–Trinajstić information content (AvgIpc) is 2.75. The van der Waals surface area contributed by atoms with Gasteiger partial charge in [-0.15, -0.1) is 0 Å². The number of aryl methyl sites for hydroxylation is 1. The van der Waals surface area contributed by atoms with Crippen molar-refractivity contribution in [3.05, 3.63) is 64.4 Å². The molecule has 7 heteroatoms. The summed E-state index contributed by atoms with van der Waals surface area (Å²) in [5, 5.41) is 3.37.